The van der Waals surface area contributed by atoms with E-state index in [2.05, 4.69) is 5.32 Å². The molecule has 112 valence electrons. The Morgan fingerprint density at radius 1 is 1.05 bits per heavy atom. The van der Waals surface area contributed by atoms with Gasteiger partial charge in [0.2, 0.25) is 0 Å². The first kappa shape index (κ1) is 15.2. The molecule has 1 aliphatic rings. The van der Waals surface area contributed by atoms with Gasteiger partial charge in [-0.3, -0.25) is 0 Å². The van der Waals surface area contributed by atoms with E-state index in [0.29, 0.717) is 19.3 Å². The topological polar surface area (TPSA) is 30.5 Å². The molecule has 1 aromatic rings. The zero-order valence-electron chi connectivity index (χ0n) is 12.6. The SMILES string of the molecule is CCOc1cccc(OCCNC2CCCCCC2)c1. The second-order valence-corrected chi connectivity index (χ2v) is 5.40. The molecule has 1 N–H and O–H groups in total. The number of ether oxygens (including phenoxy) is 2. The van der Waals surface area contributed by atoms with Crippen LogP contribution in [0.25, 0.3) is 0 Å². The summed E-state index contributed by atoms with van der Waals surface area (Å²) in [5.41, 5.74) is 0. The number of nitrogens with one attached hydrogen (secondary N) is 1. The van der Waals surface area contributed by atoms with Crippen LogP contribution < -0.4 is 14.8 Å². The molecule has 0 amide bonds. The van der Waals surface area contributed by atoms with E-state index in [0.717, 1.165) is 18.0 Å². The highest BCUT2D eigenvalue weighted by molar-refractivity contribution is 5.32. The summed E-state index contributed by atoms with van der Waals surface area (Å²) in [6.45, 7) is 4.31. The normalized spacial score (nSPS) is 16.6. The molecule has 0 bridgehead atoms. The van der Waals surface area contributed by atoms with Crippen molar-refractivity contribution in [3.05, 3.63) is 24.3 Å². The van der Waals surface area contributed by atoms with Crippen LogP contribution in [-0.2, 0) is 0 Å². The Morgan fingerprint density at radius 2 is 1.75 bits per heavy atom. The second kappa shape index (κ2) is 8.85. The molecule has 20 heavy (non-hydrogen) atoms. The molecule has 1 aliphatic carbocycles. The molecule has 0 saturated heterocycles. The van der Waals surface area contributed by atoms with E-state index >= 15 is 0 Å². The van der Waals surface area contributed by atoms with Gasteiger partial charge in [-0.2, -0.15) is 0 Å². The van der Waals surface area contributed by atoms with Gasteiger partial charge >= 0.3 is 0 Å². The van der Waals surface area contributed by atoms with Crippen LogP contribution in [0.2, 0.25) is 0 Å². The monoisotopic (exact) mass is 277 g/mol. The first-order valence-corrected chi connectivity index (χ1v) is 7.97. The van der Waals surface area contributed by atoms with Crippen LogP contribution in [0, 0.1) is 0 Å². The molecule has 0 atom stereocenters. The average molecular weight is 277 g/mol. The molecule has 3 nitrogen and oxygen atoms in total. The van der Waals surface area contributed by atoms with Crippen molar-refractivity contribution in [1.29, 1.82) is 0 Å². The summed E-state index contributed by atoms with van der Waals surface area (Å²) >= 11 is 0. The molecule has 1 saturated carbocycles. The molecule has 0 spiro atoms. The van der Waals surface area contributed by atoms with Crippen LogP contribution in [0.15, 0.2) is 24.3 Å². The summed E-state index contributed by atoms with van der Waals surface area (Å²) in [4.78, 5) is 0. The van der Waals surface area contributed by atoms with Crippen molar-refractivity contribution < 1.29 is 9.47 Å². The third kappa shape index (κ3) is 5.41. The maximum Gasteiger partial charge on any atom is 0.123 e. The third-order valence-corrected chi connectivity index (χ3v) is 3.78. The molecule has 0 aromatic heterocycles. The zero-order valence-corrected chi connectivity index (χ0v) is 12.6. The fraction of sp³-hybridized carbons (Fsp3) is 0.647. The van der Waals surface area contributed by atoms with Gasteiger partial charge in [0.1, 0.15) is 18.1 Å². The predicted molar refractivity (Wildman–Crippen MR) is 82.6 cm³/mol. The van der Waals surface area contributed by atoms with Crippen molar-refractivity contribution in [3.63, 3.8) is 0 Å². The van der Waals surface area contributed by atoms with Gasteiger partial charge in [-0.15, -0.1) is 0 Å². The van der Waals surface area contributed by atoms with E-state index in [1.54, 1.807) is 0 Å². The molecule has 0 unspecified atom stereocenters. The molecule has 0 heterocycles. The molecule has 1 aromatic carbocycles. The van der Waals surface area contributed by atoms with E-state index in [-0.39, 0.29) is 0 Å². The first-order chi connectivity index (χ1) is 9.88. The smallest absolute Gasteiger partial charge is 0.123 e. The minimum absolute atomic E-state index is 0.687. The van der Waals surface area contributed by atoms with Gasteiger partial charge in [0.05, 0.1) is 6.61 Å². The number of hydrogen-bond acceptors (Lipinski definition) is 3. The van der Waals surface area contributed by atoms with E-state index in [9.17, 15) is 0 Å². The molecule has 2 rings (SSSR count). The highest BCUT2D eigenvalue weighted by Crippen LogP contribution is 2.19. The fourth-order valence-electron chi connectivity index (χ4n) is 2.74. The summed E-state index contributed by atoms with van der Waals surface area (Å²) in [6, 6.07) is 8.55. The van der Waals surface area contributed by atoms with Crippen LogP contribution >= 0.6 is 0 Å². The van der Waals surface area contributed by atoms with Crippen molar-refractivity contribution in [2.24, 2.45) is 0 Å². The van der Waals surface area contributed by atoms with E-state index < -0.39 is 0 Å². The van der Waals surface area contributed by atoms with Crippen molar-refractivity contribution in [2.75, 3.05) is 19.8 Å². The lowest BCUT2D eigenvalue weighted by Gasteiger charge is -2.16. The van der Waals surface area contributed by atoms with Gasteiger partial charge in [0, 0.05) is 18.7 Å². The van der Waals surface area contributed by atoms with Crippen LogP contribution in [0.1, 0.15) is 45.4 Å². The predicted octanol–water partition coefficient (Wildman–Crippen LogP) is 3.78. The molecular weight excluding hydrogens is 250 g/mol. The lowest BCUT2D eigenvalue weighted by Crippen LogP contribution is -2.32. The maximum atomic E-state index is 5.77. The van der Waals surface area contributed by atoms with Gasteiger partial charge < -0.3 is 14.8 Å². The minimum Gasteiger partial charge on any atom is -0.494 e. The fourth-order valence-corrected chi connectivity index (χ4v) is 2.74. The van der Waals surface area contributed by atoms with Gasteiger partial charge in [-0.05, 0) is 31.9 Å². The lowest BCUT2D eigenvalue weighted by molar-refractivity contribution is 0.295. The Bertz CT molecular complexity index is 373. The van der Waals surface area contributed by atoms with E-state index in [1.165, 1.54) is 38.5 Å². The second-order valence-electron chi connectivity index (χ2n) is 5.40. The summed E-state index contributed by atoms with van der Waals surface area (Å²) in [5, 5.41) is 3.62. The highest BCUT2D eigenvalue weighted by atomic mass is 16.5. The van der Waals surface area contributed by atoms with Gasteiger partial charge in [-0.25, -0.2) is 0 Å². The molecule has 0 aliphatic heterocycles. The van der Waals surface area contributed by atoms with Crippen LogP contribution in [0.4, 0.5) is 0 Å². The Labute approximate surface area is 122 Å². The summed E-state index contributed by atoms with van der Waals surface area (Å²) in [6.07, 6.45) is 8.18. The summed E-state index contributed by atoms with van der Waals surface area (Å²) in [5.74, 6) is 1.76. The number of benzene rings is 1. The zero-order chi connectivity index (χ0) is 14.0. The lowest BCUT2D eigenvalue weighted by atomic mass is 10.1. The number of hydrogen-bond donors (Lipinski definition) is 1. The molecule has 1 fully saturated rings. The Kier molecular flexibility index (Phi) is 6.72. The van der Waals surface area contributed by atoms with E-state index in [1.807, 2.05) is 31.2 Å². The van der Waals surface area contributed by atoms with E-state index in [4.69, 9.17) is 9.47 Å². The molecule has 3 heteroatoms. The van der Waals surface area contributed by atoms with Crippen molar-refractivity contribution >= 4 is 0 Å². The van der Waals surface area contributed by atoms with Gasteiger partial charge in [0.25, 0.3) is 0 Å². The van der Waals surface area contributed by atoms with Crippen molar-refractivity contribution in [3.8, 4) is 11.5 Å². The third-order valence-electron chi connectivity index (χ3n) is 3.78. The molecule has 0 radical (unpaired) electrons. The van der Waals surface area contributed by atoms with Crippen LogP contribution in [0.3, 0.4) is 0 Å². The standard InChI is InChI=1S/C17H27NO2/c1-2-19-16-10-7-11-17(14-16)20-13-12-18-15-8-5-3-4-6-9-15/h7,10-11,14-15,18H,2-6,8-9,12-13H2,1H3. The quantitative estimate of drug-likeness (QED) is 0.608. The van der Waals surface area contributed by atoms with Crippen LogP contribution in [-0.4, -0.2) is 25.8 Å². The Morgan fingerprint density at radius 3 is 2.45 bits per heavy atom. The average Bonchev–Trinajstić information content (AvgIpc) is 2.73. The Hall–Kier alpha value is -1.22. The number of rotatable bonds is 7. The Balaban J connectivity index is 1.66. The van der Waals surface area contributed by atoms with Crippen molar-refractivity contribution in [2.45, 2.75) is 51.5 Å². The maximum absolute atomic E-state index is 5.77. The first-order valence-electron chi connectivity index (χ1n) is 7.97. The summed E-state index contributed by atoms with van der Waals surface area (Å²) in [7, 11) is 0. The summed E-state index contributed by atoms with van der Waals surface area (Å²) < 4.78 is 11.2. The van der Waals surface area contributed by atoms with Gasteiger partial charge in [-0.1, -0.05) is 31.7 Å². The highest BCUT2D eigenvalue weighted by Gasteiger charge is 2.10. The minimum atomic E-state index is 0.687. The largest absolute Gasteiger partial charge is 0.494 e. The van der Waals surface area contributed by atoms with Crippen LogP contribution in [0.5, 0.6) is 11.5 Å². The van der Waals surface area contributed by atoms with Crippen molar-refractivity contribution in [1.82, 2.24) is 5.32 Å². The molecular formula is C17H27NO2. The van der Waals surface area contributed by atoms with Gasteiger partial charge in [0.15, 0.2) is 0 Å².